The molecule has 0 aromatic heterocycles. The Morgan fingerprint density at radius 1 is 1.21 bits per heavy atom. The van der Waals surface area contributed by atoms with E-state index in [-0.39, 0.29) is 23.9 Å². The fraction of sp³-hybridized carbons (Fsp3) is 0.409. The Bertz CT molecular complexity index is 808. The lowest BCUT2D eigenvalue weighted by Gasteiger charge is -2.29. The Morgan fingerprint density at radius 2 is 1.96 bits per heavy atom. The van der Waals surface area contributed by atoms with E-state index in [0.29, 0.717) is 13.1 Å². The van der Waals surface area contributed by atoms with Crippen molar-refractivity contribution in [3.8, 4) is 5.75 Å². The van der Waals surface area contributed by atoms with Crippen molar-refractivity contribution in [1.29, 1.82) is 0 Å². The summed E-state index contributed by atoms with van der Waals surface area (Å²) in [5.74, 6) is 0.520. The SMILES string of the molecule is COc1ccccc1C(CNC(=O)N(Cc1cccc(F)c1)C1CC1)N(C)C. The molecule has 1 unspecified atom stereocenters. The molecule has 0 spiro atoms. The zero-order valence-electron chi connectivity index (χ0n) is 16.7. The summed E-state index contributed by atoms with van der Waals surface area (Å²) in [6.45, 7) is 0.869. The van der Waals surface area contributed by atoms with E-state index in [1.807, 2.05) is 49.3 Å². The van der Waals surface area contributed by atoms with E-state index in [4.69, 9.17) is 4.74 Å². The topological polar surface area (TPSA) is 44.8 Å². The van der Waals surface area contributed by atoms with E-state index in [1.165, 1.54) is 12.1 Å². The van der Waals surface area contributed by atoms with Gasteiger partial charge in [0.05, 0.1) is 13.2 Å². The molecule has 0 aliphatic heterocycles. The Labute approximate surface area is 166 Å². The number of halogens is 1. The van der Waals surface area contributed by atoms with Crippen LogP contribution in [0.3, 0.4) is 0 Å². The van der Waals surface area contributed by atoms with Crippen molar-refractivity contribution >= 4 is 6.03 Å². The van der Waals surface area contributed by atoms with Crippen LogP contribution in [0.15, 0.2) is 48.5 Å². The number of likely N-dealkylation sites (N-methyl/N-ethyl adjacent to an activating group) is 1. The van der Waals surface area contributed by atoms with Crippen molar-refractivity contribution in [3.05, 3.63) is 65.5 Å². The molecule has 0 bridgehead atoms. The molecule has 3 rings (SSSR count). The fourth-order valence-corrected chi connectivity index (χ4v) is 3.38. The molecule has 1 aliphatic carbocycles. The second-order valence-corrected chi connectivity index (χ2v) is 7.40. The molecule has 2 aromatic rings. The van der Waals surface area contributed by atoms with Crippen LogP contribution in [0.2, 0.25) is 0 Å². The number of hydrogen-bond donors (Lipinski definition) is 1. The molecule has 5 nitrogen and oxygen atoms in total. The minimum atomic E-state index is -0.280. The number of benzene rings is 2. The highest BCUT2D eigenvalue weighted by atomic mass is 19.1. The summed E-state index contributed by atoms with van der Waals surface area (Å²) in [6.07, 6.45) is 1.98. The van der Waals surface area contributed by atoms with Gasteiger partial charge in [-0.3, -0.25) is 0 Å². The summed E-state index contributed by atoms with van der Waals surface area (Å²) in [5.41, 5.74) is 1.83. The number of amides is 2. The molecule has 2 amide bonds. The second-order valence-electron chi connectivity index (χ2n) is 7.40. The van der Waals surface area contributed by atoms with Crippen molar-refractivity contribution in [2.45, 2.75) is 31.5 Å². The Hall–Kier alpha value is -2.60. The van der Waals surface area contributed by atoms with Crippen molar-refractivity contribution in [3.63, 3.8) is 0 Å². The summed E-state index contributed by atoms with van der Waals surface area (Å²) in [5, 5.41) is 3.07. The number of carbonyl (C=O) groups excluding carboxylic acids is 1. The normalized spacial score (nSPS) is 14.6. The first-order valence-electron chi connectivity index (χ1n) is 9.58. The monoisotopic (exact) mass is 385 g/mol. The van der Waals surface area contributed by atoms with Crippen molar-refractivity contribution in [2.75, 3.05) is 27.7 Å². The van der Waals surface area contributed by atoms with Crippen LogP contribution in [-0.2, 0) is 6.54 Å². The number of ether oxygens (including phenoxy) is 1. The number of nitrogens with one attached hydrogen (secondary N) is 1. The smallest absolute Gasteiger partial charge is 0.318 e. The lowest BCUT2D eigenvalue weighted by Crippen LogP contribution is -2.44. The lowest BCUT2D eigenvalue weighted by atomic mass is 10.0. The van der Waals surface area contributed by atoms with E-state index >= 15 is 0 Å². The summed E-state index contributed by atoms with van der Waals surface area (Å²) < 4.78 is 19.0. The van der Waals surface area contributed by atoms with Crippen LogP contribution in [0.25, 0.3) is 0 Å². The summed E-state index contributed by atoms with van der Waals surface area (Å²) in [4.78, 5) is 16.8. The molecule has 1 fully saturated rings. The van der Waals surface area contributed by atoms with E-state index in [9.17, 15) is 9.18 Å². The first-order chi connectivity index (χ1) is 13.5. The molecular formula is C22H28FN3O2. The van der Waals surface area contributed by atoms with Gasteiger partial charge in [-0.1, -0.05) is 30.3 Å². The third-order valence-electron chi connectivity index (χ3n) is 5.06. The van der Waals surface area contributed by atoms with Crippen LogP contribution in [0.1, 0.15) is 30.0 Å². The molecule has 2 aromatic carbocycles. The minimum Gasteiger partial charge on any atom is -0.496 e. The van der Waals surface area contributed by atoms with Crippen molar-refractivity contribution in [2.24, 2.45) is 0 Å². The number of nitrogens with zero attached hydrogens (tertiary/aromatic N) is 2. The highest BCUT2D eigenvalue weighted by Crippen LogP contribution is 2.30. The maximum absolute atomic E-state index is 13.5. The summed E-state index contributed by atoms with van der Waals surface area (Å²) in [6, 6.07) is 14.4. The van der Waals surface area contributed by atoms with Gasteiger partial charge in [0.25, 0.3) is 0 Å². The van der Waals surface area contributed by atoms with Gasteiger partial charge in [0, 0.05) is 24.7 Å². The third kappa shape index (κ3) is 5.01. The third-order valence-corrected chi connectivity index (χ3v) is 5.06. The first kappa shape index (κ1) is 20.1. The molecule has 1 saturated carbocycles. The predicted molar refractivity (Wildman–Crippen MR) is 108 cm³/mol. The minimum absolute atomic E-state index is 0.0182. The zero-order valence-corrected chi connectivity index (χ0v) is 16.7. The molecule has 1 N–H and O–H groups in total. The Morgan fingerprint density at radius 3 is 2.61 bits per heavy atom. The Balaban J connectivity index is 1.69. The number of carbonyl (C=O) groups is 1. The van der Waals surface area contributed by atoms with Gasteiger partial charge in [0.1, 0.15) is 11.6 Å². The second kappa shape index (κ2) is 9.06. The zero-order chi connectivity index (χ0) is 20.1. The van der Waals surface area contributed by atoms with E-state index in [2.05, 4.69) is 10.2 Å². The molecule has 0 heterocycles. The maximum atomic E-state index is 13.5. The molecule has 6 heteroatoms. The first-order valence-corrected chi connectivity index (χ1v) is 9.58. The van der Waals surface area contributed by atoms with Gasteiger partial charge in [0.2, 0.25) is 0 Å². The number of hydrogen-bond acceptors (Lipinski definition) is 3. The largest absolute Gasteiger partial charge is 0.496 e. The number of urea groups is 1. The van der Waals surface area contributed by atoms with Crippen LogP contribution in [0.4, 0.5) is 9.18 Å². The van der Waals surface area contributed by atoms with Gasteiger partial charge in [-0.15, -0.1) is 0 Å². The van der Waals surface area contributed by atoms with Gasteiger partial charge < -0.3 is 19.9 Å². The van der Waals surface area contributed by atoms with Crippen LogP contribution in [-0.4, -0.2) is 49.6 Å². The van der Waals surface area contributed by atoms with Gasteiger partial charge >= 0.3 is 6.03 Å². The predicted octanol–water partition coefficient (Wildman–Crippen LogP) is 3.81. The highest BCUT2D eigenvalue weighted by molar-refractivity contribution is 5.75. The molecular weight excluding hydrogens is 357 g/mol. The van der Waals surface area contributed by atoms with Gasteiger partial charge in [-0.05, 0) is 50.7 Å². The quantitative estimate of drug-likeness (QED) is 0.752. The van der Waals surface area contributed by atoms with Crippen LogP contribution in [0, 0.1) is 5.82 Å². The molecule has 0 radical (unpaired) electrons. The fourth-order valence-electron chi connectivity index (χ4n) is 3.38. The number of methoxy groups -OCH3 is 1. The highest BCUT2D eigenvalue weighted by Gasteiger charge is 2.33. The van der Waals surface area contributed by atoms with Crippen LogP contribution in [0.5, 0.6) is 5.75 Å². The number of para-hydroxylation sites is 1. The lowest BCUT2D eigenvalue weighted by molar-refractivity contribution is 0.186. The maximum Gasteiger partial charge on any atom is 0.318 e. The van der Waals surface area contributed by atoms with Crippen LogP contribution >= 0.6 is 0 Å². The number of rotatable bonds is 8. The van der Waals surface area contributed by atoms with Crippen molar-refractivity contribution < 1.29 is 13.9 Å². The van der Waals surface area contributed by atoms with E-state index in [1.54, 1.807) is 13.2 Å². The van der Waals surface area contributed by atoms with Crippen molar-refractivity contribution in [1.82, 2.24) is 15.1 Å². The molecule has 1 atom stereocenters. The van der Waals surface area contributed by atoms with Gasteiger partial charge in [-0.2, -0.15) is 0 Å². The van der Waals surface area contributed by atoms with Gasteiger partial charge in [-0.25, -0.2) is 9.18 Å². The molecule has 0 saturated heterocycles. The molecule has 28 heavy (non-hydrogen) atoms. The average Bonchev–Trinajstić information content (AvgIpc) is 3.51. The van der Waals surface area contributed by atoms with E-state index in [0.717, 1.165) is 29.7 Å². The standard InChI is InChI=1S/C22H28FN3O2/c1-25(2)20(19-9-4-5-10-21(19)28-3)14-24-22(27)26(18-11-12-18)15-16-7-6-8-17(23)13-16/h4-10,13,18,20H,11-12,14-15H2,1-3H3,(H,24,27). The summed E-state index contributed by atoms with van der Waals surface area (Å²) in [7, 11) is 5.61. The average molecular weight is 385 g/mol. The van der Waals surface area contributed by atoms with Gasteiger partial charge in [0.15, 0.2) is 0 Å². The van der Waals surface area contributed by atoms with E-state index < -0.39 is 0 Å². The molecule has 1 aliphatic rings. The summed E-state index contributed by atoms with van der Waals surface area (Å²) >= 11 is 0. The van der Waals surface area contributed by atoms with Crippen LogP contribution < -0.4 is 10.1 Å². The Kier molecular flexibility index (Phi) is 6.52. The molecule has 150 valence electrons.